The fourth-order valence-corrected chi connectivity index (χ4v) is 3.58. The molecule has 7 heteroatoms. The third kappa shape index (κ3) is 3.06. The topological polar surface area (TPSA) is 91.3 Å². The first-order chi connectivity index (χ1) is 12.1. The van der Waals surface area contributed by atoms with E-state index in [1.165, 1.54) is 0 Å². The second kappa shape index (κ2) is 5.86. The highest BCUT2D eigenvalue weighted by Crippen LogP contribution is 2.35. The highest BCUT2D eigenvalue weighted by atomic mass is 32.1. The van der Waals surface area contributed by atoms with Crippen molar-refractivity contribution in [2.75, 3.05) is 5.32 Å². The van der Waals surface area contributed by atoms with Crippen molar-refractivity contribution in [2.45, 2.75) is 18.4 Å². The van der Waals surface area contributed by atoms with Crippen LogP contribution in [-0.4, -0.2) is 27.6 Å². The van der Waals surface area contributed by atoms with Gasteiger partial charge in [-0.3, -0.25) is 0 Å². The average Bonchev–Trinajstić information content (AvgIpc) is 3.24. The van der Waals surface area contributed by atoms with Gasteiger partial charge in [0, 0.05) is 11.3 Å². The summed E-state index contributed by atoms with van der Waals surface area (Å²) >= 11 is 1.58. The van der Waals surface area contributed by atoms with Gasteiger partial charge in [0.05, 0.1) is 10.2 Å². The maximum Gasteiger partial charge on any atom is 0.329 e. The lowest BCUT2D eigenvalue weighted by atomic mass is 10.2. The molecule has 1 aromatic heterocycles. The largest absolute Gasteiger partial charge is 0.480 e. The van der Waals surface area contributed by atoms with Gasteiger partial charge in [-0.25, -0.2) is 14.6 Å². The average molecular weight is 353 g/mol. The van der Waals surface area contributed by atoms with Gasteiger partial charge < -0.3 is 15.7 Å². The van der Waals surface area contributed by atoms with Crippen molar-refractivity contribution < 1.29 is 14.7 Å². The standard InChI is InChI=1S/C18H15N3O3S/c22-16(23)18(8-9-18)21-17(24)19-12-5-3-4-11(10-12)15-20-13-6-1-2-7-14(13)25-15/h1-7,10H,8-9H2,(H,22,23)(H2,19,21,24). The zero-order chi connectivity index (χ0) is 17.4. The Morgan fingerprint density at radius 3 is 2.64 bits per heavy atom. The van der Waals surface area contributed by atoms with E-state index in [1.807, 2.05) is 42.5 Å². The molecule has 0 saturated heterocycles. The molecule has 1 fully saturated rings. The number of nitrogens with zero attached hydrogens (tertiary/aromatic N) is 1. The normalized spacial score (nSPS) is 14.9. The molecule has 0 bridgehead atoms. The minimum absolute atomic E-state index is 0.460. The molecule has 6 nitrogen and oxygen atoms in total. The van der Waals surface area contributed by atoms with Crippen LogP contribution in [0.25, 0.3) is 20.8 Å². The van der Waals surface area contributed by atoms with E-state index in [-0.39, 0.29) is 0 Å². The van der Waals surface area contributed by atoms with E-state index in [9.17, 15) is 9.59 Å². The summed E-state index contributed by atoms with van der Waals surface area (Å²) in [7, 11) is 0. The van der Waals surface area contributed by atoms with Crippen molar-refractivity contribution in [3.05, 3.63) is 48.5 Å². The van der Waals surface area contributed by atoms with Crippen molar-refractivity contribution in [3.8, 4) is 10.6 Å². The summed E-state index contributed by atoms with van der Waals surface area (Å²) < 4.78 is 1.10. The van der Waals surface area contributed by atoms with Gasteiger partial charge in [-0.1, -0.05) is 24.3 Å². The third-order valence-electron chi connectivity index (χ3n) is 4.17. The molecule has 25 heavy (non-hydrogen) atoms. The van der Waals surface area contributed by atoms with E-state index in [2.05, 4.69) is 15.6 Å². The maximum atomic E-state index is 12.1. The number of rotatable bonds is 4. The first-order valence-electron chi connectivity index (χ1n) is 7.84. The van der Waals surface area contributed by atoms with Gasteiger partial charge in [0.2, 0.25) is 0 Å². The summed E-state index contributed by atoms with van der Waals surface area (Å²) in [5, 5.41) is 15.2. The number of fused-ring (bicyclic) bond motifs is 1. The van der Waals surface area contributed by atoms with Crippen molar-refractivity contribution in [1.82, 2.24) is 10.3 Å². The fourth-order valence-electron chi connectivity index (χ4n) is 2.62. The highest BCUT2D eigenvalue weighted by molar-refractivity contribution is 7.21. The first kappa shape index (κ1) is 15.6. The SMILES string of the molecule is O=C(Nc1cccc(-c2nc3ccccc3s2)c1)NC1(C(=O)O)CC1. The monoisotopic (exact) mass is 353 g/mol. The van der Waals surface area contributed by atoms with Crippen molar-refractivity contribution in [1.29, 1.82) is 0 Å². The number of benzene rings is 2. The van der Waals surface area contributed by atoms with E-state index in [0.717, 1.165) is 20.8 Å². The van der Waals surface area contributed by atoms with E-state index in [4.69, 9.17) is 5.11 Å². The molecular weight excluding hydrogens is 338 g/mol. The number of hydrogen-bond donors (Lipinski definition) is 3. The smallest absolute Gasteiger partial charge is 0.329 e. The van der Waals surface area contributed by atoms with Gasteiger partial charge in [-0.15, -0.1) is 11.3 Å². The van der Waals surface area contributed by atoms with Crippen LogP contribution >= 0.6 is 11.3 Å². The molecule has 1 aliphatic rings. The van der Waals surface area contributed by atoms with Crippen LogP contribution in [0.3, 0.4) is 0 Å². The van der Waals surface area contributed by atoms with E-state index in [0.29, 0.717) is 18.5 Å². The van der Waals surface area contributed by atoms with Gasteiger partial charge in [-0.05, 0) is 37.1 Å². The minimum atomic E-state index is -1.10. The number of urea groups is 1. The molecule has 0 spiro atoms. The number of carbonyl (C=O) groups excluding carboxylic acids is 1. The predicted molar refractivity (Wildman–Crippen MR) is 96.8 cm³/mol. The van der Waals surface area contributed by atoms with Crippen molar-refractivity contribution in [2.24, 2.45) is 0 Å². The molecule has 0 radical (unpaired) electrons. The molecule has 1 saturated carbocycles. The summed E-state index contributed by atoms with van der Waals surface area (Å²) in [5.41, 5.74) is 1.33. The number of carbonyl (C=O) groups is 2. The number of amides is 2. The molecule has 3 N–H and O–H groups in total. The molecule has 0 unspecified atom stereocenters. The summed E-state index contributed by atoms with van der Waals surface area (Å²) in [6, 6.07) is 14.8. The zero-order valence-corrected chi connectivity index (χ0v) is 14.0. The second-order valence-corrected chi connectivity index (χ2v) is 7.06. The summed E-state index contributed by atoms with van der Waals surface area (Å²) in [4.78, 5) is 27.8. The molecule has 2 aromatic carbocycles. The number of nitrogens with one attached hydrogen (secondary N) is 2. The van der Waals surface area contributed by atoms with Crippen LogP contribution in [0.4, 0.5) is 10.5 Å². The quantitative estimate of drug-likeness (QED) is 0.667. The lowest BCUT2D eigenvalue weighted by Gasteiger charge is -2.13. The molecule has 1 heterocycles. The zero-order valence-electron chi connectivity index (χ0n) is 13.2. The summed E-state index contributed by atoms with van der Waals surface area (Å²) in [6.07, 6.45) is 0.920. The number of thiazole rings is 1. The van der Waals surface area contributed by atoms with E-state index < -0.39 is 17.5 Å². The first-order valence-corrected chi connectivity index (χ1v) is 8.66. The predicted octanol–water partition coefficient (Wildman–Crippen LogP) is 3.70. The van der Waals surface area contributed by atoms with Gasteiger partial charge in [0.15, 0.2) is 0 Å². The third-order valence-corrected chi connectivity index (χ3v) is 5.26. The Kier molecular flexibility index (Phi) is 3.65. The molecule has 3 aromatic rings. The number of carboxylic acids is 1. The number of aromatic nitrogens is 1. The lowest BCUT2D eigenvalue weighted by molar-refractivity contribution is -0.140. The number of anilines is 1. The minimum Gasteiger partial charge on any atom is -0.480 e. The van der Waals surface area contributed by atoms with Gasteiger partial charge in [0.1, 0.15) is 10.5 Å². The van der Waals surface area contributed by atoms with Crippen molar-refractivity contribution in [3.63, 3.8) is 0 Å². The Morgan fingerprint density at radius 1 is 1.12 bits per heavy atom. The molecule has 0 atom stereocenters. The highest BCUT2D eigenvalue weighted by Gasteiger charge is 2.51. The summed E-state index contributed by atoms with van der Waals surface area (Å²) in [5.74, 6) is -0.995. The number of aliphatic carboxylic acids is 1. The maximum absolute atomic E-state index is 12.1. The van der Waals surface area contributed by atoms with Crippen LogP contribution in [0.5, 0.6) is 0 Å². The van der Waals surface area contributed by atoms with E-state index in [1.54, 1.807) is 17.4 Å². The van der Waals surface area contributed by atoms with Crippen LogP contribution in [0.15, 0.2) is 48.5 Å². The van der Waals surface area contributed by atoms with Gasteiger partial charge in [0.25, 0.3) is 0 Å². The molecule has 4 rings (SSSR count). The Hall–Kier alpha value is -2.93. The second-order valence-electron chi connectivity index (χ2n) is 6.03. The van der Waals surface area contributed by atoms with Crippen LogP contribution in [0, 0.1) is 0 Å². The number of hydrogen-bond acceptors (Lipinski definition) is 4. The number of para-hydroxylation sites is 1. The van der Waals surface area contributed by atoms with E-state index >= 15 is 0 Å². The Bertz CT molecular complexity index is 945. The lowest BCUT2D eigenvalue weighted by Crippen LogP contribution is -2.45. The van der Waals surface area contributed by atoms with Crippen molar-refractivity contribution >= 4 is 39.2 Å². The Balaban J connectivity index is 1.53. The molecule has 126 valence electrons. The van der Waals surface area contributed by atoms with Crippen LogP contribution in [0.2, 0.25) is 0 Å². The molecule has 1 aliphatic carbocycles. The van der Waals surface area contributed by atoms with Crippen LogP contribution in [0.1, 0.15) is 12.8 Å². The van der Waals surface area contributed by atoms with Crippen LogP contribution < -0.4 is 10.6 Å². The number of carboxylic acid groups (broad SMARTS) is 1. The Morgan fingerprint density at radius 2 is 1.92 bits per heavy atom. The Labute approximate surface area is 147 Å². The molecular formula is C18H15N3O3S. The van der Waals surface area contributed by atoms with Gasteiger partial charge >= 0.3 is 12.0 Å². The molecule has 0 aliphatic heterocycles. The fraction of sp³-hybridized carbons (Fsp3) is 0.167. The van der Waals surface area contributed by atoms with Crippen LogP contribution in [-0.2, 0) is 4.79 Å². The van der Waals surface area contributed by atoms with Gasteiger partial charge in [-0.2, -0.15) is 0 Å². The molecule has 2 amide bonds. The summed E-state index contributed by atoms with van der Waals surface area (Å²) in [6.45, 7) is 0.